The van der Waals surface area contributed by atoms with Crippen molar-refractivity contribution < 1.29 is 10.2 Å². The van der Waals surface area contributed by atoms with E-state index in [1.54, 1.807) is 24.9 Å². The Labute approximate surface area is 123 Å². The van der Waals surface area contributed by atoms with Crippen LogP contribution in [0.5, 0.6) is 0 Å². The van der Waals surface area contributed by atoms with Gasteiger partial charge in [0.1, 0.15) is 11.4 Å². The zero-order valence-electron chi connectivity index (χ0n) is 12.3. The van der Waals surface area contributed by atoms with Gasteiger partial charge in [0.2, 0.25) is 17.8 Å². The molecule has 1 aliphatic carbocycles. The second kappa shape index (κ2) is 5.57. The van der Waals surface area contributed by atoms with Crippen LogP contribution in [0.25, 0.3) is 0 Å². The summed E-state index contributed by atoms with van der Waals surface area (Å²) >= 11 is 0. The molecule has 2 rings (SSSR count). The van der Waals surface area contributed by atoms with Crippen LogP contribution in [0.15, 0.2) is 23.5 Å². The molecule has 1 aliphatic rings. The molecule has 8 nitrogen and oxygen atoms in total. The minimum Gasteiger partial charge on any atom is -0.509 e. The van der Waals surface area contributed by atoms with Crippen molar-refractivity contribution in [2.75, 3.05) is 36.6 Å². The molecule has 21 heavy (non-hydrogen) atoms. The molecule has 1 unspecified atom stereocenters. The lowest BCUT2D eigenvalue weighted by Crippen LogP contribution is -2.33. The molecule has 114 valence electrons. The number of nitrogens with zero attached hydrogens (tertiary/aromatic N) is 4. The van der Waals surface area contributed by atoms with E-state index >= 15 is 0 Å². The number of aliphatic hydroxyl groups is 2. The number of nitrogens with two attached hydrogens (primary N) is 1. The predicted molar refractivity (Wildman–Crippen MR) is 81.1 cm³/mol. The first-order valence-corrected chi connectivity index (χ1v) is 6.54. The van der Waals surface area contributed by atoms with E-state index in [-0.39, 0.29) is 11.7 Å². The summed E-state index contributed by atoms with van der Waals surface area (Å²) in [4.78, 5) is 14.1. The number of likely N-dealkylation sites (N-methyl/N-ethyl adjacent to an activating group) is 1. The van der Waals surface area contributed by atoms with Crippen molar-refractivity contribution in [1.29, 1.82) is 0 Å². The van der Waals surface area contributed by atoms with Gasteiger partial charge < -0.3 is 26.2 Å². The molecule has 0 saturated carbocycles. The van der Waals surface area contributed by atoms with E-state index in [0.717, 1.165) is 5.57 Å². The van der Waals surface area contributed by atoms with Crippen LogP contribution in [0.2, 0.25) is 0 Å². The van der Waals surface area contributed by atoms with Gasteiger partial charge in [0.15, 0.2) is 0 Å². The summed E-state index contributed by atoms with van der Waals surface area (Å²) in [5.74, 6) is 0.937. The minimum absolute atomic E-state index is 0.0317. The summed E-state index contributed by atoms with van der Waals surface area (Å²) in [6.07, 6.45) is 3.64. The van der Waals surface area contributed by atoms with Crippen molar-refractivity contribution in [3.63, 3.8) is 0 Å². The molecule has 0 spiro atoms. The van der Waals surface area contributed by atoms with E-state index in [1.807, 2.05) is 7.05 Å². The molecular weight excluding hydrogens is 272 g/mol. The second-order valence-corrected chi connectivity index (χ2v) is 5.25. The molecule has 1 aromatic heterocycles. The van der Waals surface area contributed by atoms with Crippen LogP contribution < -0.4 is 16.0 Å². The van der Waals surface area contributed by atoms with Gasteiger partial charge in [-0.3, -0.25) is 0 Å². The highest BCUT2D eigenvalue weighted by Crippen LogP contribution is 2.28. The Hall–Kier alpha value is -2.35. The van der Waals surface area contributed by atoms with Crippen molar-refractivity contribution in [2.45, 2.75) is 18.9 Å². The molecule has 0 saturated heterocycles. The van der Waals surface area contributed by atoms with E-state index in [0.29, 0.717) is 24.9 Å². The number of aliphatic hydroxyl groups excluding tert-OH is 1. The molecule has 0 amide bonds. The molecule has 8 heteroatoms. The Morgan fingerprint density at radius 2 is 2.10 bits per heavy atom. The number of allylic oxidation sites excluding steroid dienone is 2. The molecule has 0 fully saturated rings. The summed E-state index contributed by atoms with van der Waals surface area (Å²) in [6.45, 7) is 2.08. The third-order valence-corrected chi connectivity index (χ3v) is 3.25. The van der Waals surface area contributed by atoms with Crippen LogP contribution in [0.1, 0.15) is 13.3 Å². The van der Waals surface area contributed by atoms with Crippen LogP contribution >= 0.6 is 0 Å². The second-order valence-electron chi connectivity index (χ2n) is 5.25. The third-order valence-electron chi connectivity index (χ3n) is 3.25. The number of rotatable bonds is 4. The highest BCUT2D eigenvalue weighted by Gasteiger charge is 2.29. The first-order chi connectivity index (χ1) is 9.81. The van der Waals surface area contributed by atoms with Gasteiger partial charge >= 0.3 is 0 Å². The molecule has 0 aliphatic heterocycles. The van der Waals surface area contributed by atoms with Gasteiger partial charge in [0.25, 0.3) is 0 Å². The first kappa shape index (κ1) is 15.0. The van der Waals surface area contributed by atoms with Crippen molar-refractivity contribution >= 4 is 17.8 Å². The van der Waals surface area contributed by atoms with Crippen LogP contribution in [0, 0.1) is 0 Å². The molecule has 1 heterocycles. The maximum absolute atomic E-state index is 10.1. The predicted octanol–water partition coefficient (Wildman–Crippen LogP) is 0.455. The number of nitrogen functional groups attached to an aromatic ring is 1. The fourth-order valence-electron chi connectivity index (χ4n) is 2.12. The normalized spacial score (nSPS) is 21.5. The SMILES string of the molecule is CNc1nc(N)nc(N(C)CC2=CC=C(O)C(C)(O)C2)n1. The Morgan fingerprint density at radius 3 is 2.71 bits per heavy atom. The Morgan fingerprint density at radius 1 is 1.38 bits per heavy atom. The Bertz CT molecular complexity index is 596. The van der Waals surface area contributed by atoms with Gasteiger partial charge in [-0.25, -0.2) is 0 Å². The number of hydrogen-bond acceptors (Lipinski definition) is 8. The zero-order chi connectivity index (χ0) is 15.6. The van der Waals surface area contributed by atoms with Crippen LogP contribution in [-0.4, -0.2) is 51.4 Å². The van der Waals surface area contributed by atoms with E-state index < -0.39 is 5.60 Å². The van der Waals surface area contributed by atoms with Crippen molar-refractivity contribution in [2.24, 2.45) is 0 Å². The summed E-state index contributed by atoms with van der Waals surface area (Å²) < 4.78 is 0. The molecule has 0 radical (unpaired) electrons. The highest BCUT2D eigenvalue weighted by atomic mass is 16.3. The highest BCUT2D eigenvalue weighted by molar-refractivity contribution is 5.43. The number of aromatic nitrogens is 3. The Kier molecular flexibility index (Phi) is 3.99. The lowest BCUT2D eigenvalue weighted by atomic mass is 9.89. The van der Waals surface area contributed by atoms with E-state index in [4.69, 9.17) is 5.73 Å². The smallest absolute Gasteiger partial charge is 0.231 e. The maximum Gasteiger partial charge on any atom is 0.231 e. The number of anilines is 3. The topological polar surface area (TPSA) is 120 Å². The average molecular weight is 292 g/mol. The Balaban J connectivity index is 2.15. The fourth-order valence-corrected chi connectivity index (χ4v) is 2.12. The molecule has 1 aromatic rings. The molecular formula is C13H20N6O2. The van der Waals surface area contributed by atoms with Gasteiger partial charge in [-0.05, 0) is 18.6 Å². The van der Waals surface area contributed by atoms with E-state index in [2.05, 4.69) is 20.3 Å². The van der Waals surface area contributed by atoms with Gasteiger partial charge in [-0.1, -0.05) is 6.08 Å². The van der Waals surface area contributed by atoms with Crippen molar-refractivity contribution in [1.82, 2.24) is 15.0 Å². The summed E-state index contributed by atoms with van der Waals surface area (Å²) in [7, 11) is 3.52. The molecule has 1 atom stereocenters. The number of hydrogen-bond donors (Lipinski definition) is 4. The third kappa shape index (κ3) is 3.40. The lowest BCUT2D eigenvalue weighted by molar-refractivity contribution is 0.0511. The van der Waals surface area contributed by atoms with E-state index in [9.17, 15) is 10.2 Å². The van der Waals surface area contributed by atoms with Gasteiger partial charge in [-0.15, -0.1) is 0 Å². The standard InChI is InChI=1S/C13H20N6O2/c1-13(21)6-8(4-5-9(13)20)7-19(3)12-17-10(14)16-11(15-2)18-12/h4-5,20-21H,6-7H2,1-3H3,(H3,14,15,16,17,18). The summed E-state index contributed by atoms with van der Waals surface area (Å²) in [5.41, 5.74) is 5.35. The van der Waals surface area contributed by atoms with Crippen molar-refractivity contribution in [3.05, 3.63) is 23.5 Å². The van der Waals surface area contributed by atoms with Crippen LogP contribution in [0.4, 0.5) is 17.8 Å². The molecule has 0 bridgehead atoms. The van der Waals surface area contributed by atoms with Crippen LogP contribution in [-0.2, 0) is 0 Å². The maximum atomic E-state index is 10.1. The summed E-state index contributed by atoms with van der Waals surface area (Å²) in [6, 6.07) is 0. The fraction of sp³-hybridized carbons (Fsp3) is 0.462. The number of nitrogens with one attached hydrogen (secondary N) is 1. The zero-order valence-corrected chi connectivity index (χ0v) is 12.3. The minimum atomic E-state index is -1.24. The quantitative estimate of drug-likeness (QED) is 0.631. The lowest BCUT2D eigenvalue weighted by Gasteiger charge is -2.29. The average Bonchev–Trinajstić information content (AvgIpc) is 2.41. The van der Waals surface area contributed by atoms with Gasteiger partial charge in [0, 0.05) is 27.1 Å². The monoisotopic (exact) mass is 292 g/mol. The van der Waals surface area contributed by atoms with Gasteiger partial charge in [0.05, 0.1) is 0 Å². The van der Waals surface area contributed by atoms with Crippen LogP contribution in [0.3, 0.4) is 0 Å². The molecule has 5 N–H and O–H groups in total. The van der Waals surface area contributed by atoms with E-state index in [1.165, 1.54) is 6.08 Å². The van der Waals surface area contributed by atoms with Gasteiger partial charge in [-0.2, -0.15) is 15.0 Å². The largest absolute Gasteiger partial charge is 0.509 e. The van der Waals surface area contributed by atoms with Crippen molar-refractivity contribution in [3.8, 4) is 0 Å². The molecule has 0 aromatic carbocycles. The first-order valence-electron chi connectivity index (χ1n) is 6.54. The summed E-state index contributed by atoms with van der Waals surface area (Å²) in [5, 5.41) is 22.5.